The molecule has 176 valence electrons. The fourth-order valence-corrected chi connectivity index (χ4v) is 2.73. The number of likely N-dealkylation sites (N-methyl/N-ethyl adjacent to an activating group) is 1. The molecule has 3 rings (SSSR count). The molecule has 0 spiro atoms. The van der Waals surface area contributed by atoms with Gasteiger partial charge in [0.1, 0.15) is 0 Å². The zero-order valence-electron chi connectivity index (χ0n) is 18.0. The van der Waals surface area contributed by atoms with Gasteiger partial charge in [-0.15, -0.1) is 0 Å². The van der Waals surface area contributed by atoms with Crippen LogP contribution in [-0.2, 0) is 6.54 Å². The maximum Gasteiger partial charge on any atom is 0.328 e. The largest absolute Gasteiger partial charge is 0.418 e. The summed E-state index contributed by atoms with van der Waals surface area (Å²) in [4.78, 5) is 15.7. The molecule has 3 aromatic rings. The Hall–Kier alpha value is -3.54. The third-order valence-corrected chi connectivity index (χ3v) is 4.41. The van der Waals surface area contributed by atoms with Crippen molar-refractivity contribution in [2.45, 2.75) is 6.54 Å². The highest BCUT2D eigenvalue weighted by molar-refractivity contribution is 5.40. The van der Waals surface area contributed by atoms with E-state index in [2.05, 4.69) is 20.3 Å². The average Bonchev–Trinajstić information content (AvgIpc) is 2.79. The van der Waals surface area contributed by atoms with E-state index in [4.69, 9.17) is 4.74 Å². The molecule has 0 atom stereocenters. The molecule has 0 aliphatic rings. The van der Waals surface area contributed by atoms with Crippen LogP contribution in [0.15, 0.2) is 30.3 Å². The number of anilines is 2. The first-order valence-corrected chi connectivity index (χ1v) is 9.76. The van der Waals surface area contributed by atoms with Crippen LogP contribution in [-0.4, -0.2) is 54.1 Å². The summed E-state index contributed by atoms with van der Waals surface area (Å²) in [5.41, 5.74) is 0.921. The number of hydrogen-bond acceptors (Lipinski definition) is 7. The van der Waals surface area contributed by atoms with Crippen molar-refractivity contribution in [1.29, 1.82) is 0 Å². The lowest BCUT2D eigenvalue weighted by atomic mass is 10.2. The molecule has 0 saturated carbocycles. The predicted octanol–water partition coefficient (Wildman–Crippen LogP) is 3.97. The summed E-state index contributed by atoms with van der Waals surface area (Å²) in [5, 5.41) is 2.92. The minimum atomic E-state index is -2.29. The predicted molar refractivity (Wildman–Crippen MR) is 112 cm³/mol. The number of nitrogens with zero attached hydrogens (tertiary/aromatic N) is 5. The smallest absolute Gasteiger partial charge is 0.328 e. The second-order valence-electron chi connectivity index (χ2n) is 7.31. The first-order valence-electron chi connectivity index (χ1n) is 9.76. The number of aromatic nitrogens is 3. The van der Waals surface area contributed by atoms with Crippen molar-refractivity contribution < 1.29 is 26.7 Å². The fourth-order valence-electron chi connectivity index (χ4n) is 2.73. The van der Waals surface area contributed by atoms with Gasteiger partial charge in [-0.05, 0) is 19.7 Å². The third kappa shape index (κ3) is 5.83. The molecule has 0 radical (unpaired) electrons. The topological polar surface area (TPSA) is 66.4 Å². The quantitative estimate of drug-likeness (QED) is 0.290. The average molecular weight is 468 g/mol. The molecule has 12 heteroatoms. The monoisotopic (exact) mass is 468 g/mol. The van der Waals surface area contributed by atoms with Gasteiger partial charge in [-0.2, -0.15) is 23.7 Å². The molecule has 1 N–H and O–H groups in total. The summed E-state index contributed by atoms with van der Waals surface area (Å²) in [6.45, 7) is 1.37. The molecule has 0 unspecified atom stereocenters. The van der Waals surface area contributed by atoms with Crippen molar-refractivity contribution in [3.63, 3.8) is 0 Å². The van der Waals surface area contributed by atoms with Crippen molar-refractivity contribution in [2.75, 3.05) is 44.4 Å². The van der Waals surface area contributed by atoms with Gasteiger partial charge >= 0.3 is 6.01 Å². The molecule has 0 fully saturated rings. The minimum absolute atomic E-state index is 0.000587. The van der Waals surface area contributed by atoms with E-state index in [1.54, 1.807) is 11.9 Å². The molecule has 1 heterocycles. The Morgan fingerprint density at radius 1 is 0.818 bits per heavy atom. The molecule has 0 amide bonds. The van der Waals surface area contributed by atoms with E-state index in [0.29, 0.717) is 19.6 Å². The molecule has 2 aromatic carbocycles. The van der Waals surface area contributed by atoms with Gasteiger partial charge in [-0.1, -0.05) is 30.3 Å². The highest BCUT2D eigenvalue weighted by Crippen LogP contribution is 2.32. The van der Waals surface area contributed by atoms with E-state index in [1.807, 2.05) is 49.3 Å². The number of nitrogens with one attached hydrogen (secondary N) is 1. The molecular weight excluding hydrogens is 447 g/mol. The first-order chi connectivity index (χ1) is 15.7. The zero-order valence-corrected chi connectivity index (χ0v) is 18.0. The highest BCUT2D eigenvalue weighted by atomic mass is 19.2. The number of rotatable bonds is 9. The molecule has 0 bridgehead atoms. The Bertz CT molecular complexity index is 1090. The Morgan fingerprint density at radius 2 is 1.42 bits per heavy atom. The van der Waals surface area contributed by atoms with Crippen molar-refractivity contribution in [3.8, 4) is 11.8 Å². The van der Waals surface area contributed by atoms with E-state index in [9.17, 15) is 22.0 Å². The normalized spacial score (nSPS) is 11.1. The number of benzene rings is 2. The van der Waals surface area contributed by atoms with Gasteiger partial charge in [0.15, 0.2) is 0 Å². The van der Waals surface area contributed by atoms with Gasteiger partial charge < -0.3 is 19.9 Å². The van der Waals surface area contributed by atoms with Gasteiger partial charge in [-0.3, -0.25) is 0 Å². The fraction of sp³-hybridized carbons (Fsp3) is 0.286. The third-order valence-electron chi connectivity index (χ3n) is 4.41. The Balaban J connectivity index is 1.96. The van der Waals surface area contributed by atoms with Gasteiger partial charge in [0.05, 0.1) is 0 Å². The van der Waals surface area contributed by atoms with Crippen LogP contribution in [0.2, 0.25) is 0 Å². The van der Waals surface area contributed by atoms with E-state index in [0.717, 1.165) is 5.56 Å². The molecule has 1 aromatic heterocycles. The molecule has 0 saturated heterocycles. The Labute approximate surface area is 186 Å². The minimum Gasteiger partial charge on any atom is -0.418 e. The van der Waals surface area contributed by atoms with Crippen LogP contribution in [0.1, 0.15) is 5.56 Å². The van der Waals surface area contributed by atoms with E-state index in [-0.39, 0.29) is 11.9 Å². The Morgan fingerprint density at radius 3 is 2.03 bits per heavy atom. The van der Waals surface area contributed by atoms with E-state index in [1.165, 1.54) is 0 Å². The SMILES string of the molecule is CN(C)CCNc1nc(Oc2c(F)c(F)c(F)c(F)c2F)nc(N(C)Cc2ccccc2)n1. The van der Waals surface area contributed by atoms with Crippen LogP contribution in [0, 0.1) is 29.1 Å². The van der Waals surface area contributed by atoms with Crippen LogP contribution in [0.3, 0.4) is 0 Å². The lowest BCUT2D eigenvalue weighted by molar-refractivity contribution is 0.322. The zero-order chi connectivity index (χ0) is 24.1. The number of hydrogen-bond donors (Lipinski definition) is 1. The Kier molecular flexibility index (Phi) is 7.59. The van der Waals surface area contributed by atoms with Crippen molar-refractivity contribution in [3.05, 3.63) is 65.0 Å². The molecular formula is C21H21F5N6O. The maximum atomic E-state index is 14.1. The van der Waals surface area contributed by atoms with Crippen LogP contribution in [0.4, 0.5) is 33.8 Å². The van der Waals surface area contributed by atoms with Crippen LogP contribution in [0.5, 0.6) is 11.8 Å². The van der Waals surface area contributed by atoms with E-state index < -0.39 is 40.8 Å². The van der Waals surface area contributed by atoms with Crippen LogP contribution >= 0.6 is 0 Å². The van der Waals surface area contributed by atoms with E-state index >= 15 is 0 Å². The van der Waals surface area contributed by atoms with Crippen molar-refractivity contribution >= 4 is 11.9 Å². The summed E-state index contributed by atoms with van der Waals surface area (Å²) in [6, 6.07) is 8.66. The second kappa shape index (κ2) is 10.4. The van der Waals surface area contributed by atoms with Crippen molar-refractivity contribution in [1.82, 2.24) is 19.9 Å². The van der Waals surface area contributed by atoms with Gasteiger partial charge in [0.25, 0.3) is 0 Å². The second-order valence-corrected chi connectivity index (χ2v) is 7.31. The van der Waals surface area contributed by atoms with Crippen LogP contribution in [0.25, 0.3) is 0 Å². The van der Waals surface area contributed by atoms with Crippen molar-refractivity contribution in [2.24, 2.45) is 0 Å². The summed E-state index contributed by atoms with van der Waals surface area (Å²) in [5.74, 6) is -12.3. The number of halogens is 5. The highest BCUT2D eigenvalue weighted by Gasteiger charge is 2.28. The lowest BCUT2D eigenvalue weighted by Gasteiger charge is -2.19. The molecule has 0 aliphatic heterocycles. The summed E-state index contributed by atoms with van der Waals surface area (Å²) >= 11 is 0. The molecule has 7 nitrogen and oxygen atoms in total. The summed E-state index contributed by atoms with van der Waals surface area (Å²) in [7, 11) is 5.37. The first kappa shape index (κ1) is 24.1. The molecule has 33 heavy (non-hydrogen) atoms. The molecule has 0 aliphatic carbocycles. The van der Waals surface area contributed by atoms with Gasteiger partial charge in [0, 0.05) is 26.7 Å². The van der Waals surface area contributed by atoms with Gasteiger partial charge in [-0.25, -0.2) is 13.2 Å². The lowest BCUT2D eigenvalue weighted by Crippen LogP contribution is -2.23. The van der Waals surface area contributed by atoms with Crippen LogP contribution < -0.4 is 15.0 Å². The number of ether oxygens (including phenoxy) is 1. The van der Waals surface area contributed by atoms with Gasteiger partial charge in [0.2, 0.25) is 46.7 Å². The standard InChI is InChI=1S/C21H21F5N6O/c1-31(2)10-9-27-19-28-20(32(3)11-12-7-5-4-6-8-12)30-21(29-19)33-18-16(25)14(23)13(22)15(24)17(18)26/h4-8H,9-11H2,1-3H3,(H,27,28,29,30). The summed E-state index contributed by atoms with van der Waals surface area (Å²) in [6.07, 6.45) is 0. The maximum absolute atomic E-state index is 14.1. The summed E-state index contributed by atoms with van der Waals surface area (Å²) < 4.78 is 73.5.